The molecule has 2 atom stereocenters. The van der Waals surface area contributed by atoms with E-state index in [1.807, 2.05) is 47.3 Å². The SMILES string of the molecule is O=C(c1cccc(-n2cnnc2)c1)N1CC2CCC1CN(Cc1cccnc1)C2. The van der Waals surface area contributed by atoms with Crippen molar-refractivity contribution in [3.8, 4) is 5.69 Å². The zero-order chi connectivity index (χ0) is 19.6. The maximum absolute atomic E-state index is 13.4. The topological polar surface area (TPSA) is 67.2 Å². The van der Waals surface area contributed by atoms with Crippen LogP contribution in [0.15, 0.2) is 61.4 Å². The lowest BCUT2D eigenvalue weighted by atomic mass is 9.94. The van der Waals surface area contributed by atoms with Crippen molar-refractivity contribution >= 4 is 5.91 Å². The maximum atomic E-state index is 13.4. The Labute approximate surface area is 170 Å². The number of carbonyl (C=O) groups excluding carboxylic acids is 1. The van der Waals surface area contributed by atoms with Gasteiger partial charge in [-0.3, -0.25) is 19.2 Å². The number of rotatable bonds is 4. The van der Waals surface area contributed by atoms with Crippen molar-refractivity contribution in [2.75, 3.05) is 19.6 Å². The number of benzene rings is 1. The van der Waals surface area contributed by atoms with Crippen molar-refractivity contribution < 1.29 is 4.79 Å². The maximum Gasteiger partial charge on any atom is 0.254 e. The fraction of sp³-hybridized carbons (Fsp3) is 0.364. The van der Waals surface area contributed by atoms with Crippen LogP contribution in [-0.4, -0.2) is 61.1 Å². The van der Waals surface area contributed by atoms with Crippen molar-refractivity contribution in [1.29, 1.82) is 0 Å². The summed E-state index contributed by atoms with van der Waals surface area (Å²) in [6.45, 7) is 3.69. The van der Waals surface area contributed by atoms with Gasteiger partial charge in [0.2, 0.25) is 0 Å². The highest BCUT2D eigenvalue weighted by atomic mass is 16.2. The van der Waals surface area contributed by atoms with Crippen molar-refractivity contribution in [2.24, 2.45) is 5.92 Å². The molecule has 0 N–H and O–H groups in total. The van der Waals surface area contributed by atoms with E-state index in [9.17, 15) is 4.79 Å². The molecule has 1 aromatic carbocycles. The zero-order valence-electron chi connectivity index (χ0n) is 16.3. The van der Waals surface area contributed by atoms with E-state index in [1.165, 1.54) is 12.0 Å². The smallest absolute Gasteiger partial charge is 0.254 e. The summed E-state index contributed by atoms with van der Waals surface area (Å²) in [5.74, 6) is 0.647. The predicted molar refractivity (Wildman–Crippen MR) is 108 cm³/mol. The van der Waals surface area contributed by atoms with Gasteiger partial charge in [0.1, 0.15) is 12.7 Å². The lowest BCUT2D eigenvalue weighted by molar-refractivity contribution is 0.0585. The average molecular weight is 388 g/mol. The van der Waals surface area contributed by atoms with Crippen molar-refractivity contribution in [3.05, 3.63) is 72.6 Å². The summed E-state index contributed by atoms with van der Waals surface area (Å²) in [4.78, 5) is 22.2. The Morgan fingerprint density at radius 2 is 1.93 bits per heavy atom. The minimum atomic E-state index is 0.123. The summed E-state index contributed by atoms with van der Waals surface area (Å²) < 4.78 is 1.82. The Hall–Kier alpha value is -3.06. The molecule has 2 bridgehead atoms. The van der Waals surface area contributed by atoms with Gasteiger partial charge in [0.05, 0.1) is 0 Å². The van der Waals surface area contributed by atoms with Crippen LogP contribution in [0.3, 0.4) is 0 Å². The van der Waals surface area contributed by atoms with E-state index in [2.05, 4.69) is 31.0 Å². The fourth-order valence-corrected chi connectivity index (χ4v) is 4.61. The molecule has 7 nitrogen and oxygen atoms in total. The Morgan fingerprint density at radius 1 is 1.03 bits per heavy atom. The molecule has 148 valence electrons. The van der Waals surface area contributed by atoms with Gasteiger partial charge in [0, 0.05) is 55.9 Å². The number of aromatic nitrogens is 4. The molecule has 0 radical (unpaired) electrons. The summed E-state index contributed by atoms with van der Waals surface area (Å²) in [6, 6.07) is 12.1. The molecule has 7 heteroatoms. The molecule has 3 saturated heterocycles. The molecule has 29 heavy (non-hydrogen) atoms. The number of pyridine rings is 1. The first-order chi connectivity index (χ1) is 14.3. The number of carbonyl (C=O) groups is 1. The van der Waals surface area contributed by atoms with Crippen molar-refractivity contribution in [3.63, 3.8) is 0 Å². The van der Waals surface area contributed by atoms with E-state index in [4.69, 9.17) is 0 Å². The van der Waals surface area contributed by atoms with Crippen molar-refractivity contribution in [1.82, 2.24) is 29.5 Å². The summed E-state index contributed by atoms with van der Waals surface area (Å²) in [7, 11) is 0. The molecule has 3 fully saturated rings. The van der Waals surface area contributed by atoms with Crippen LogP contribution in [0.2, 0.25) is 0 Å². The number of nitrogens with zero attached hydrogens (tertiary/aromatic N) is 6. The molecule has 3 aromatic rings. The van der Waals surface area contributed by atoms with Gasteiger partial charge in [0.25, 0.3) is 5.91 Å². The number of hydrogen-bond donors (Lipinski definition) is 0. The van der Waals surface area contributed by atoms with E-state index in [0.717, 1.165) is 43.9 Å². The molecule has 3 aliphatic rings. The van der Waals surface area contributed by atoms with Gasteiger partial charge in [-0.25, -0.2) is 0 Å². The highest BCUT2D eigenvalue weighted by Crippen LogP contribution is 2.30. The van der Waals surface area contributed by atoms with E-state index in [0.29, 0.717) is 5.92 Å². The van der Waals surface area contributed by atoms with Crippen LogP contribution in [-0.2, 0) is 6.54 Å². The normalized spacial score (nSPS) is 21.9. The first kappa shape index (κ1) is 18.0. The number of fused-ring (bicyclic) bond motifs is 4. The van der Waals surface area contributed by atoms with Crippen molar-refractivity contribution in [2.45, 2.75) is 25.4 Å². The lowest BCUT2D eigenvalue weighted by Gasteiger charge is -2.36. The van der Waals surface area contributed by atoms with E-state index in [-0.39, 0.29) is 11.9 Å². The van der Waals surface area contributed by atoms with Gasteiger partial charge in [0.15, 0.2) is 0 Å². The molecule has 1 amide bonds. The largest absolute Gasteiger partial charge is 0.334 e. The number of hydrogen-bond acceptors (Lipinski definition) is 5. The van der Waals surface area contributed by atoms with E-state index >= 15 is 0 Å². The molecule has 2 unspecified atom stereocenters. The van der Waals surface area contributed by atoms with Gasteiger partial charge >= 0.3 is 0 Å². The van der Waals surface area contributed by atoms with Crippen LogP contribution in [0.5, 0.6) is 0 Å². The molecule has 5 heterocycles. The molecule has 3 aliphatic heterocycles. The molecular formula is C22H24N6O. The highest BCUT2D eigenvalue weighted by molar-refractivity contribution is 5.95. The Balaban J connectivity index is 1.34. The molecule has 2 aromatic heterocycles. The van der Waals surface area contributed by atoms with E-state index in [1.54, 1.807) is 12.7 Å². The third-order valence-corrected chi connectivity index (χ3v) is 5.99. The highest BCUT2D eigenvalue weighted by Gasteiger charge is 2.37. The summed E-state index contributed by atoms with van der Waals surface area (Å²) >= 11 is 0. The standard InChI is InChI=1S/C22H24N6O/c29-22(19-4-1-5-20(9-19)27-15-24-25-16-27)28-13-18-6-7-21(28)14-26(12-18)11-17-3-2-8-23-10-17/h1-5,8-10,15-16,18,21H,6-7,11-14H2. The second-order valence-electron chi connectivity index (χ2n) is 8.03. The first-order valence-corrected chi connectivity index (χ1v) is 10.1. The fourth-order valence-electron chi connectivity index (χ4n) is 4.61. The summed E-state index contributed by atoms with van der Waals surface area (Å²) in [6.07, 6.45) is 9.31. The summed E-state index contributed by atoms with van der Waals surface area (Å²) in [5, 5.41) is 7.71. The molecule has 6 rings (SSSR count). The molecule has 0 saturated carbocycles. The lowest BCUT2D eigenvalue weighted by Crippen LogP contribution is -2.47. The van der Waals surface area contributed by atoms with E-state index < -0.39 is 0 Å². The predicted octanol–water partition coefficient (Wildman–Crippen LogP) is 2.40. The van der Waals surface area contributed by atoms with Gasteiger partial charge in [-0.15, -0.1) is 10.2 Å². The minimum Gasteiger partial charge on any atom is -0.334 e. The van der Waals surface area contributed by atoms with Crippen LogP contribution < -0.4 is 0 Å². The van der Waals surface area contributed by atoms with Gasteiger partial charge in [-0.05, 0) is 48.6 Å². The molecular weight excluding hydrogens is 364 g/mol. The van der Waals surface area contributed by atoms with Crippen LogP contribution in [0.1, 0.15) is 28.8 Å². The Morgan fingerprint density at radius 3 is 2.76 bits per heavy atom. The number of piperidine rings is 1. The Kier molecular flexibility index (Phi) is 4.81. The first-order valence-electron chi connectivity index (χ1n) is 10.1. The second kappa shape index (κ2) is 7.75. The quantitative estimate of drug-likeness (QED) is 0.687. The molecule has 0 spiro atoms. The third kappa shape index (κ3) is 3.78. The van der Waals surface area contributed by atoms with Gasteiger partial charge in [-0.2, -0.15) is 0 Å². The van der Waals surface area contributed by atoms with Gasteiger partial charge in [-0.1, -0.05) is 12.1 Å². The molecule has 0 aliphatic carbocycles. The van der Waals surface area contributed by atoms with Crippen LogP contribution >= 0.6 is 0 Å². The summed E-state index contributed by atoms with van der Waals surface area (Å²) in [5.41, 5.74) is 2.86. The monoisotopic (exact) mass is 388 g/mol. The Bertz CT molecular complexity index is 974. The number of amides is 1. The second-order valence-corrected chi connectivity index (χ2v) is 8.03. The minimum absolute atomic E-state index is 0.123. The zero-order valence-corrected chi connectivity index (χ0v) is 16.3. The van der Waals surface area contributed by atoms with Gasteiger partial charge < -0.3 is 4.90 Å². The van der Waals surface area contributed by atoms with Crippen LogP contribution in [0.25, 0.3) is 5.69 Å². The average Bonchev–Trinajstić information content (AvgIpc) is 3.17. The van der Waals surface area contributed by atoms with Crippen LogP contribution in [0.4, 0.5) is 0 Å². The third-order valence-electron chi connectivity index (χ3n) is 5.99. The van der Waals surface area contributed by atoms with Crippen LogP contribution in [0, 0.1) is 5.92 Å².